The van der Waals surface area contributed by atoms with E-state index in [0.29, 0.717) is 6.04 Å². The Labute approximate surface area is 98.0 Å². The summed E-state index contributed by atoms with van der Waals surface area (Å²) < 4.78 is 0. The molecule has 1 aliphatic carbocycles. The van der Waals surface area contributed by atoms with Crippen molar-refractivity contribution in [2.45, 2.75) is 51.5 Å². The molecule has 1 aliphatic rings. The van der Waals surface area contributed by atoms with Crippen LogP contribution in [-0.2, 0) is 0 Å². The van der Waals surface area contributed by atoms with Gasteiger partial charge in [0, 0.05) is 25.7 Å². The molecule has 1 saturated carbocycles. The summed E-state index contributed by atoms with van der Waals surface area (Å²) in [7, 11) is 0. The van der Waals surface area contributed by atoms with Crippen LogP contribution in [0.25, 0.3) is 0 Å². The average molecular weight is 228 g/mol. The first-order valence-electron chi connectivity index (χ1n) is 6.45. The van der Waals surface area contributed by atoms with Crippen LogP contribution in [0.3, 0.4) is 0 Å². The Hall–Kier alpha value is -0.770. The Morgan fingerprint density at radius 1 is 1.38 bits per heavy atom. The second-order valence-electron chi connectivity index (χ2n) is 4.44. The molecule has 94 valence electrons. The molecule has 2 N–H and O–H groups in total. The monoisotopic (exact) mass is 228 g/mol. The fourth-order valence-electron chi connectivity index (χ4n) is 1.70. The molecular formula is C12H24N2O2. The van der Waals surface area contributed by atoms with Gasteiger partial charge in [-0.05, 0) is 32.1 Å². The minimum atomic E-state index is 0.0777. The van der Waals surface area contributed by atoms with E-state index in [1.165, 1.54) is 0 Å². The van der Waals surface area contributed by atoms with Crippen molar-refractivity contribution in [3.63, 3.8) is 0 Å². The van der Waals surface area contributed by atoms with Gasteiger partial charge in [-0.25, -0.2) is 4.79 Å². The molecule has 1 fully saturated rings. The molecule has 0 aromatic carbocycles. The lowest BCUT2D eigenvalue weighted by Gasteiger charge is -2.22. The summed E-state index contributed by atoms with van der Waals surface area (Å²) >= 11 is 0. The van der Waals surface area contributed by atoms with Gasteiger partial charge in [0.05, 0.1) is 0 Å². The van der Waals surface area contributed by atoms with Gasteiger partial charge in [-0.3, -0.25) is 0 Å². The zero-order chi connectivity index (χ0) is 11.8. The molecule has 4 heteroatoms. The quantitative estimate of drug-likeness (QED) is 0.622. The zero-order valence-electron chi connectivity index (χ0n) is 10.2. The summed E-state index contributed by atoms with van der Waals surface area (Å²) in [6, 6.07) is 0.536. The summed E-state index contributed by atoms with van der Waals surface area (Å²) in [5.74, 6) is 0. The fraction of sp³-hybridized carbons (Fsp3) is 0.917. The Balaban J connectivity index is 2.22. The number of hydrogen-bond acceptors (Lipinski definition) is 2. The van der Waals surface area contributed by atoms with E-state index in [9.17, 15) is 4.79 Å². The van der Waals surface area contributed by atoms with E-state index in [4.69, 9.17) is 5.11 Å². The van der Waals surface area contributed by atoms with Crippen molar-refractivity contribution in [3.8, 4) is 0 Å². The van der Waals surface area contributed by atoms with Gasteiger partial charge in [-0.15, -0.1) is 0 Å². The molecule has 0 saturated heterocycles. The van der Waals surface area contributed by atoms with Crippen molar-refractivity contribution in [1.29, 1.82) is 0 Å². The van der Waals surface area contributed by atoms with Crippen molar-refractivity contribution in [3.05, 3.63) is 0 Å². The first-order chi connectivity index (χ1) is 7.79. The average Bonchev–Trinajstić information content (AvgIpc) is 3.08. The Kier molecular flexibility index (Phi) is 6.23. The second-order valence-corrected chi connectivity index (χ2v) is 4.44. The fourth-order valence-corrected chi connectivity index (χ4v) is 1.70. The van der Waals surface area contributed by atoms with E-state index in [0.717, 1.165) is 51.6 Å². The van der Waals surface area contributed by atoms with Crippen LogP contribution in [0.4, 0.5) is 4.79 Å². The van der Waals surface area contributed by atoms with E-state index >= 15 is 0 Å². The van der Waals surface area contributed by atoms with E-state index < -0.39 is 0 Å². The molecule has 0 radical (unpaired) electrons. The Bertz CT molecular complexity index is 205. The van der Waals surface area contributed by atoms with E-state index in [-0.39, 0.29) is 12.6 Å². The number of aliphatic hydroxyl groups is 1. The number of nitrogens with one attached hydrogen (secondary N) is 1. The van der Waals surface area contributed by atoms with E-state index in [1.54, 1.807) is 0 Å². The van der Waals surface area contributed by atoms with Gasteiger partial charge in [0.25, 0.3) is 0 Å². The first-order valence-corrected chi connectivity index (χ1v) is 6.45. The van der Waals surface area contributed by atoms with Gasteiger partial charge in [-0.1, -0.05) is 13.3 Å². The maximum absolute atomic E-state index is 11.8. The molecule has 0 atom stereocenters. The van der Waals surface area contributed by atoms with Crippen LogP contribution in [0.15, 0.2) is 0 Å². The molecule has 0 bridgehead atoms. The highest BCUT2D eigenvalue weighted by atomic mass is 16.3. The number of unbranched alkanes of at least 4 members (excludes halogenated alkanes) is 2. The molecule has 0 aromatic heterocycles. The van der Waals surface area contributed by atoms with E-state index in [1.807, 2.05) is 4.90 Å². The largest absolute Gasteiger partial charge is 0.396 e. The molecule has 1 rings (SSSR count). The highest BCUT2D eigenvalue weighted by molar-refractivity contribution is 5.74. The van der Waals surface area contributed by atoms with Gasteiger partial charge in [0.2, 0.25) is 0 Å². The van der Waals surface area contributed by atoms with Crippen LogP contribution in [0.2, 0.25) is 0 Å². The normalized spacial score (nSPS) is 14.9. The molecule has 0 spiro atoms. The van der Waals surface area contributed by atoms with Gasteiger partial charge >= 0.3 is 6.03 Å². The third-order valence-corrected chi connectivity index (χ3v) is 2.86. The van der Waals surface area contributed by atoms with Crippen molar-refractivity contribution in [1.82, 2.24) is 10.2 Å². The summed E-state index contributed by atoms with van der Waals surface area (Å²) in [6.45, 7) is 3.89. The molecule has 0 aliphatic heterocycles. The maximum Gasteiger partial charge on any atom is 0.317 e. The number of carbonyl (C=O) groups excluding carboxylic acids is 1. The summed E-state index contributed by atoms with van der Waals surface area (Å²) in [4.78, 5) is 13.8. The molecule has 0 aromatic rings. The molecule has 0 heterocycles. The number of urea groups is 1. The van der Waals surface area contributed by atoms with Gasteiger partial charge < -0.3 is 15.3 Å². The van der Waals surface area contributed by atoms with Gasteiger partial charge in [-0.2, -0.15) is 0 Å². The predicted octanol–water partition coefficient (Wildman–Crippen LogP) is 1.73. The highest BCUT2D eigenvalue weighted by Gasteiger charge is 2.31. The van der Waals surface area contributed by atoms with Crippen LogP contribution < -0.4 is 5.32 Å². The minimum absolute atomic E-state index is 0.0777. The predicted molar refractivity (Wildman–Crippen MR) is 64.4 cm³/mol. The third kappa shape index (κ3) is 4.84. The first kappa shape index (κ1) is 13.3. The number of nitrogens with zero attached hydrogens (tertiary/aromatic N) is 1. The van der Waals surface area contributed by atoms with Crippen LogP contribution >= 0.6 is 0 Å². The van der Waals surface area contributed by atoms with Gasteiger partial charge in [0.1, 0.15) is 0 Å². The second kappa shape index (κ2) is 7.49. The lowest BCUT2D eigenvalue weighted by Crippen LogP contribution is -2.42. The topological polar surface area (TPSA) is 52.6 Å². The van der Waals surface area contributed by atoms with Crippen LogP contribution in [0.5, 0.6) is 0 Å². The Morgan fingerprint density at radius 3 is 2.69 bits per heavy atom. The van der Waals surface area contributed by atoms with Crippen LogP contribution in [0.1, 0.15) is 45.4 Å². The number of carbonyl (C=O) groups is 1. The third-order valence-electron chi connectivity index (χ3n) is 2.86. The number of hydrogen-bond donors (Lipinski definition) is 2. The van der Waals surface area contributed by atoms with Crippen molar-refractivity contribution < 1.29 is 9.90 Å². The summed E-state index contributed by atoms with van der Waals surface area (Å²) in [6.07, 6.45) is 6.11. The molecular weight excluding hydrogens is 204 g/mol. The minimum Gasteiger partial charge on any atom is -0.396 e. The molecule has 0 unspecified atom stereocenters. The summed E-state index contributed by atoms with van der Waals surface area (Å²) in [5.41, 5.74) is 0. The zero-order valence-corrected chi connectivity index (χ0v) is 10.2. The Morgan fingerprint density at radius 2 is 2.12 bits per heavy atom. The molecule has 2 amide bonds. The number of aliphatic hydroxyl groups excluding tert-OH is 1. The van der Waals surface area contributed by atoms with Crippen molar-refractivity contribution in [2.75, 3.05) is 19.7 Å². The van der Waals surface area contributed by atoms with Gasteiger partial charge in [0.15, 0.2) is 0 Å². The smallest absolute Gasteiger partial charge is 0.317 e. The SMILES string of the molecule is CCCCNC(=O)N(CCCCO)C1CC1. The van der Waals surface area contributed by atoms with Crippen LogP contribution in [-0.4, -0.2) is 41.8 Å². The van der Waals surface area contributed by atoms with Crippen molar-refractivity contribution in [2.24, 2.45) is 0 Å². The molecule has 4 nitrogen and oxygen atoms in total. The highest BCUT2D eigenvalue weighted by Crippen LogP contribution is 2.27. The van der Waals surface area contributed by atoms with Crippen LogP contribution in [0, 0.1) is 0 Å². The van der Waals surface area contributed by atoms with E-state index in [2.05, 4.69) is 12.2 Å². The molecule has 16 heavy (non-hydrogen) atoms. The standard InChI is InChI=1S/C12H24N2O2/c1-2-3-8-13-12(16)14(11-6-7-11)9-4-5-10-15/h11,15H,2-10H2,1H3,(H,13,16). The number of rotatable bonds is 8. The van der Waals surface area contributed by atoms with Crippen molar-refractivity contribution >= 4 is 6.03 Å². The maximum atomic E-state index is 11.8. The lowest BCUT2D eigenvalue weighted by atomic mass is 10.3. The number of amides is 2. The summed E-state index contributed by atoms with van der Waals surface area (Å²) in [5, 5.41) is 11.7. The lowest BCUT2D eigenvalue weighted by molar-refractivity contribution is 0.190.